The smallest absolute Gasteiger partial charge is 0.297 e. The second kappa shape index (κ2) is 9.25. The molecule has 1 aliphatic rings. The van der Waals surface area contributed by atoms with Crippen molar-refractivity contribution in [2.24, 2.45) is 0 Å². The quantitative estimate of drug-likeness (QED) is 0.467. The summed E-state index contributed by atoms with van der Waals surface area (Å²) in [5, 5.41) is 0. The van der Waals surface area contributed by atoms with Crippen molar-refractivity contribution in [3.8, 4) is 5.75 Å². The monoisotopic (exact) mass is 466 g/mol. The molecule has 0 bridgehead atoms. The van der Waals surface area contributed by atoms with Gasteiger partial charge in [0.1, 0.15) is 5.75 Å². The van der Waals surface area contributed by atoms with Crippen molar-refractivity contribution in [2.45, 2.75) is 18.4 Å². The molecule has 0 aliphatic carbocycles. The molecule has 3 aromatic rings. The molecule has 0 saturated carbocycles. The van der Waals surface area contributed by atoms with Gasteiger partial charge in [0.05, 0.1) is 25.2 Å². The first kappa shape index (κ1) is 22.8. The lowest BCUT2D eigenvalue weighted by Crippen LogP contribution is -2.25. The molecule has 1 amide bonds. The lowest BCUT2D eigenvalue weighted by molar-refractivity contribution is 0.0996. The van der Waals surface area contributed by atoms with E-state index in [1.807, 2.05) is 49.2 Å². The normalized spacial score (nSPS) is 13.2. The second-order valence-corrected chi connectivity index (χ2v) is 9.56. The van der Waals surface area contributed by atoms with E-state index in [1.165, 1.54) is 0 Å². The number of aryl methyl sites for hydroxylation is 1. The van der Waals surface area contributed by atoms with Gasteiger partial charge < -0.3 is 14.5 Å². The van der Waals surface area contributed by atoms with E-state index in [1.54, 1.807) is 48.4 Å². The minimum absolute atomic E-state index is 0.0240. The van der Waals surface area contributed by atoms with E-state index in [-0.39, 0.29) is 17.4 Å². The van der Waals surface area contributed by atoms with E-state index in [9.17, 15) is 13.2 Å². The van der Waals surface area contributed by atoms with Crippen LogP contribution in [0.25, 0.3) is 0 Å². The van der Waals surface area contributed by atoms with Crippen LogP contribution < -0.4 is 14.5 Å². The number of nitrogens with zero attached hydrogens (tertiary/aromatic N) is 2. The topological polar surface area (TPSA) is 76.2 Å². The Hall–Kier alpha value is -3.36. The van der Waals surface area contributed by atoms with Crippen molar-refractivity contribution >= 4 is 27.4 Å². The molecule has 0 fully saturated rings. The Labute approximate surface area is 194 Å². The summed E-state index contributed by atoms with van der Waals surface area (Å²) in [6.07, 6.45) is 0. The SMILES string of the molecule is COc1ccc2c(c1)CN(c1ccc(N(C)CCOS(=O)(=O)c3ccc(C)cc3)cc1)C2=O. The fourth-order valence-corrected chi connectivity index (χ4v) is 4.61. The molecule has 3 aromatic carbocycles. The maximum absolute atomic E-state index is 12.8. The van der Waals surface area contributed by atoms with Gasteiger partial charge in [-0.15, -0.1) is 0 Å². The maximum Gasteiger partial charge on any atom is 0.297 e. The molecule has 1 heterocycles. The van der Waals surface area contributed by atoms with Crippen molar-refractivity contribution in [3.05, 3.63) is 83.4 Å². The Balaban J connectivity index is 1.36. The van der Waals surface area contributed by atoms with Gasteiger partial charge in [-0.05, 0) is 67.1 Å². The first-order chi connectivity index (χ1) is 15.8. The molecule has 8 heteroatoms. The highest BCUT2D eigenvalue weighted by Gasteiger charge is 2.28. The van der Waals surface area contributed by atoms with E-state index in [0.717, 1.165) is 28.3 Å². The first-order valence-electron chi connectivity index (χ1n) is 10.5. The molecule has 0 N–H and O–H groups in total. The Kier molecular flexibility index (Phi) is 6.40. The zero-order chi connectivity index (χ0) is 23.6. The number of carbonyl (C=O) groups excluding carboxylic acids is 1. The lowest BCUT2D eigenvalue weighted by Gasteiger charge is -2.21. The molecule has 0 unspecified atom stereocenters. The van der Waals surface area contributed by atoms with E-state index in [0.29, 0.717) is 18.7 Å². The highest BCUT2D eigenvalue weighted by atomic mass is 32.2. The van der Waals surface area contributed by atoms with E-state index in [2.05, 4.69) is 0 Å². The van der Waals surface area contributed by atoms with Gasteiger partial charge in [-0.2, -0.15) is 8.42 Å². The Morgan fingerprint density at radius 2 is 1.70 bits per heavy atom. The highest BCUT2D eigenvalue weighted by molar-refractivity contribution is 7.86. The van der Waals surface area contributed by atoms with Crippen LogP contribution in [0.15, 0.2) is 71.6 Å². The lowest BCUT2D eigenvalue weighted by atomic mass is 10.1. The van der Waals surface area contributed by atoms with Crippen LogP contribution in [0.4, 0.5) is 11.4 Å². The van der Waals surface area contributed by atoms with Gasteiger partial charge in [0.25, 0.3) is 16.0 Å². The van der Waals surface area contributed by atoms with Crippen LogP contribution >= 0.6 is 0 Å². The molecular formula is C25H26N2O5S. The first-order valence-corrected chi connectivity index (χ1v) is 12.0. The number of anilines is 2. The summed E-state index contributed by atoms with van der Waals surface area (Å²) in [5.41, 5.74) is 4.29. The van der Waals surface area contributed by atoms with Gasteiger partial charge in [-0.1, -0.05) is 17.7 Å². The van der Waals surface area contributed by atoms with Crippen LogP contribution in [0.5, 0.6) is 5.75 Å². The van der Waals surface area contributed by atoms with Gasteiger partial charge >= 0.3 is 0 Å². The predicted octanol–water partition coefficient (Wildman–Crippen LogP) is 4.01. The zero-order valence-corrected chi connectivity index (χ0v) is 19.6. The Morgan fingerprint density at radius 3 is 2.36 bits per heavy atom. The third kappa shape index (κ3) is 4.86. The van der Waals surface area contributed by atoms with Crippen LogP contribution in [0.1, 0.15) is 21.5 Å². The number of hydrogen-bond acceptors (Lipinski definition) is 6. The van der Waals surface area contributed by atoms with Crippen LogP contribution in [0.3, 0.4) is 0 Å². The molecule has 0 atom stereocenters. The average molecular weight is 467 g/mol. The summed E-state index contributed by atoms with van der Waals surface area (Å²) in [7, 11) is -0.323. The number of likely N-dealkylation sites (N-methyl/N-ethyl adjacent to an activating group) is 1. The molecule has 7 nitrogen and oxygen atoms in total. The molecular weight excluding hydrogens is 440 g/mol. The Bertz CT molecular complexity index is 1250. The van der Waals surface area contributed by atoms with E-state index < -0.39 is 10.1 Å². The number of hydrogen-bond donors (Lipinski definition) is 0. The van der Waals surface area contributed by atoms with Crippen LogP contribution in [-0.2, 0) is 20.8 Å². The number of rotatable bonds is 8. The summed E-state index contributed by atoms with van der Waals surface area (Å²) in [4.78, 5) is 16.6. The zero-order valence-electron chi connectivity index (χ0n) is 18.8. The van der Waals surface area contributed by atoms with Crippen LogP contribution in [0.2, 0.25) is 0 Å². The fourth-order valence-electron chi connectivity index (χ4n) is 3.71. The van der Waals surface area contributed by atoms with Crippen LogP contribution in [0, 0.1) is 6.92 Å². The van der Waals surface area contributed by atoms with Gasteiger partial charge in [0.15, 0.2) is 0 Å². The van der Waals surface area contributed by atoms with Crippen molar-refractivity contribution in [2.75, 3.05) is 37.1 Å². The van der Waals surface area contributed by atoms with E-state index in [4.69, 9.17) is 8.92 Å². The largest absolute Gasteiger partial charge is 0.497 e. The number of benzene rings is 3. The standard InChI is InChI=1S/C25H26N2O5S/c1-18-4-11-23(12-5-18)33(29,30)32-15-14-26(2)20-6-8-21(9-7-20)27-17-19-16-22(31-3)10-13-24(19)25(27)28/h4-13,16H,14-15,17H2,1-3H3. The molecule has 1 aliphatic heterocycles. The van der Waals surface area contributed by atoms with Gasteiger partial charge in [0, 0.05) is 30.5 Å². The van der Waals surface area contributed by atoms with Crippen LogP contribution in [-0.4, -0.2) is 41.6 Å². The number of methoxy groups -OCH3 is 1. The fraction of sp³-hybridized carbons (Fsp3) is 0.240. The summed E-state index contributed by atoms with van der Waals surface area (Å²) in [6.45, 7) is 2.80. The van der Waals surface area contributed by atoms with E-state index >= 15 is 0 Å². The summed E-state index contributed by atoms with van der Waals surface area (Å²) < 4.78 is 35.1. The van der Waals surface area contributed by atoms with Crippen molar-refractivity contribution in [3.63, 3.8) is 0 Å². The molecule has 33 heavy (non-hydrogen) atoms. The predicted molar refractivity (Wildman–Crippen MR) is 128 cm³/mol. The van der Waals surface area contributed by atoms with Gasteiger partial charge in [-0.3, -0.25) is 8.98 Å². The van der Waals surface area contributed by atoms with Crippen molar-refractivity contribution in [1.29, 1.82) is 0 Å². The number of fused-ring (bicyclic) bond motifs is 1. The van der Waals surface area contributed by atoms with Crippen molar-refractivity contribution < 1.29 is 22.1 Å². The second-order valence-electron chi connectivity index (χ2n) is 7.94. The average Bonchev–Trinajstić information content (AvgIpc) is 3.15. The molecule has 4 rings (SSSR count). The minimum Gasteiger partial charge on any atom is -0.497 e. The summed E-state index contributed by atoms with van der Waals surface area (Å²) in [6, 6.07) is 19.6. The maximum atomic E-state index is 12.8. The highest BCUT2D eigenvalue weighted by Crippen LogP contribution is 2.31. The van der Waals surface area contributed by atoms with Gasteiger partial charge in [0.2, 0.25) is 0 Å². The molecule has 172 valence electrons. The van der Waals surface area contributed by atoms with Gasteiger partial charge in [-0.25, -0.2) is 0 Å². The minimum atomic E-state index is -3.79. The Morgan fingerprint density at radius 1 is 1.00 bits per heavy atom. The molecule has 0 saturated heterocycles. The number of carbonyl (C=O) groups is 1. The third-order valence-electron chi connectivity index (χ3n) is 5.69. The summed E-state index contributed by atoms with van der Waals surface area (Å²) in [5.74, 6) is 0.690. The number of amides is 1. The molecule has 0 spiro atoms. The number of ether oxygens (including phenoxy) is 1. The van der Waals surface area contributed by atoms with Crippen molar-refractivity contribution in [1.82, 2.24) is 0 Å². The summed E-state index contributed by atoms with van der Waals surface area (Å²) >= 11 is 0. The third-order valence-corrected chi connectivity index (χ3v) is 7.02. The molecule has 0 radical (unpaired) electrons. The molecule has 0 aromatic heterocycles.